The summed E-state index contributed by atoms with van der Waals surface area (Å²) in [5.41, 5.74) is 0.762. The number of aromatic nitrogens is 1. The van der Waals surface area contributed by atoms with Crippen LogP contribution in [-0.2, 0) is 11.2 Å². The van der Waals surface area contributed by atoms with E-state index in [1.54, 1.807) is 11.8 Å². The first-order chi connectivity index (χ1) is 5.72. The first-order valence-corrected chi connectivity index (χ1v) is 4.73. The minimum Gasteiger partial charge on any atom is -0.481 e. The number of nitrogens with one attached hydrogen (secondary N) is 1. The summed E-state index contributed by atoms with van der Waals surface area (Å²) >= 11 is 1.67. The van der Waals surface area contributed by atoms with E-state index >= 15 is 0 Å². The van der Waals surface area contributed by atoms with Crippen LogP contribution in [0.25, 0.3) is 0 Å². The Bertz CT molecular complexity index is 270. The van der Waals surface area contributed by atoms with Crippen LogP contribution in [0.4, 0.5) is 0 Å². The van der Waals surface area contributed by atoms with Crippen molar-refractivity contribution in [2.45, 2.75) is 18.4 Å². The lowest BCUT2D eigenvalue weighted by molar-refractivity contribution is -0.136. The normalized spacial score (nSPS) is 10.1. The predicted molar refractivity (Wildman–Crippen MR) is 48.5 cm³/mol. The zero-order chi connectivity index (χ0) is 8.97. The Morgan fingerprint density at radius 2 is 2.42 bits per heavy atom. The monoisotopic (exact) mass is 185 g/mol. The van der Waals surface area contributed by atoms with Crippen molar-refractivity contribution in [1.29, 1.82) is 0 Å². The SMILES string of the molecule is CCSc1ccc(CC(=O)O)[nH]1. The summed E-state index contributed by atoms with van der Waals surface area (Å²) in [4.78, 5) is 13.3. The van der Waals surface area contributed by atoms with Crippen LogP contribution in [0, 0.1) is 0 Å². The fraction of sp³-hybridized carbons (Fsp3) is 0.375. The fourth-order valence-corrected chi connectivity index (χ4v) is 1.60. The van der Waals surface area contributed by atoms with Gasteiger partial charge in [-0.25, -0.2) is 0 Å². The zero-order valence-corrected chi connectivity index (χ0v) is 7.65. The number of aliphatic carboxylic acids is 1. The summed E-state index contributed by atoms with van der Waals surface area (Å²) in [6, 6.07) is 3.72. The molecular formula is C8H11NO2S. The molecule has 0 fully saturated rings. The third-order valence-corrected chi connectivity index (χ3v) is 2.20. The van der Waals surface area contributed by atoms with E-state index in [1.165, 1.54) is 0 Å². The van der Waals surface area contributed by atoms with Crippen LogP contribution in [0.15, 0.2) is 17.2 Å². The van der Waals surface area contributed by atoms with Gasteiger partial charge in [-0.3, -0.25) is 4.79 Å². The number of aromatic amines is 1. The quantitative estimate of drug-likeness (QED) is 0.703. The maximum Gasteiger partial charge on any atom is 0.309 e. The van der Waals surface area contributed by atoms with Gasteiger partial charge >= 0.3 is 5.97 Å². The number of carboxylic acid groups (broad SMARTS) is 1. The maximum absolute atomic E-state index is 10.3. The van der Waals surface area contributed by atoms with Gasteiger partial charge in [0.2, 0.25) is 0 Å². The lowest BCUT2D eigenvalue weighted by Crippen LogP contribution is -1.99. The van der Waals surface area contributed by atoms with E-state index in [0.29, 0.717) is 0 Å². The Hall–Kier alpha value is -0.900. The molecule has 0 atom stereocenters. The molecule has 0 unspecified atom stereocenters. The van der Waals surface area contributed by atoms with Gasteiger partial charge in [-0.1, -0.05) is 6.92 Å². The van der Waals surface area contributed by atoms with Crippen LogP contribution in [0.5, 0.6) is 0 Å². The Labute approximate surface area is 75.2 Å². The highest BCUT2D eigenvalue weighted by Gasteiger charge is 2.02. The van der Waals surface area contributed by atoms with Crippen molar-refractivity contribution in [1.82, 2.24) is 4.98 Å². The highest BCUT2D eigenvalue weighted by atomic mass is 32.2. The predicted octanol–water partition coefficient (Wildman–Crippen LogP) is 1.75. The van der Waals surface area contributed by atoms with Crippen molar-refractivity contribution >= 4 is 17.7 Å². The van der Waals surface area contributed by atoms with Crippen LogP contribution >= 0.6 is 11.8 Å². The molecule has 1 aromatic heterocycles. The van der Waals surface area contributed by atoms with E-state index in [0.717, 1.165) is 16.5 Å². The standard InChI is InChI=1S/C8H11NO2S/c1-2-12-7-4-3-6(9-7)5-8(10)11/h3-4,9H,2,5H2,1H3,(H,10,11). The van der Waals surface area contributed by atoms with Gasteiger partial charge in [-0.2, -0.15) is 0 Å². The number of thioether (sulfide) groups is 1. The molecule has 0 bridgehead atoms. The van der Waals surface area contributed by atoms with Crippen LogP contribution in [0.1, 0.15) is 12.6 Å². The molecular weight excluding hydrogens is 174 g/mol. The molecule has 0 aliphatic carbocycles. The van der Waals surface area contributed by atoms with E-state index in [2.05, 4.69) is 11.9 Å². The Morgan fingerprint density at radius 1 is 1.67 bits per heavy atom. The minimum absolute atomic E-state index is 0.0737. The largest absolute Gasteiger partial charge is 0.481 e. The van der Waals surface area contributed by atoms with Crippen molar-refractivity contribution in [3.8, 4) is 0 Å². The molecule has 0 aromatic carbocycles. The van der Waals surface area contributed by atoms with Crippen LogP contribution in [-0.4, -0.2) is 21.8 Å². The van der Waals surface area contributed by atoms with Gasteiger partial charge in [0.1, 0.15) is 0 Å². The minimum atomic E-state index is -0.801. The Morgan fingerprint density at radius 3 is 3.00 bits per heavy atom. The average molecular weight is 185 g/mol. The number of hydrogen-bond donors (Lipinski definition) is 2. The topological polar surface area (TPSA) is 53.1 Å². The van der Waals surface area contributed by atoms with Crippen LogP contribution in [0.2, 0.25) is 0 Å². The summed E-state index contributed by atoms with van der Waals surface area (Å²) in [7, 11) is 0. The van der Waals surface area contributed by atoms with Crippen LogP contribution in [0.3, 0.4) is 0 Å². The summed E-state index contributed by atoms with van der Waals surface area (Å²) < 4.78 is 0. The summed E-state index contributed by atoms with van der Waals surface area (Å²) in [5, 5.41) is 9.52. The van der Waals surface area contributed by atoms with E-state index < -0.39 is 5.97 Å². The van der Waals surface area contributed by atoms with Crippen molar-refractivity contribution in [2.24, 2.45) is 0 Å². The van der Waals surface area contributed by atoms with Gasteiger partial charge in [-0.15, -0.1) is 11.8 Å². The molecule has 0 aliphatic heterocycles. The van der Waals surface area contributed by atoms with E-state index in [4.69, 9.17) is 5.11 Å². The van der Waals surface area contributed by atoms with Crippen LogP contribution < -0.4 is 0 Å². The third kappa shape index (κ3) is 2.62. The molecule has 0 spiro atoms. The number of hydrogen-bond acceptors (Lipinski definition) is 2. The maximum atomic E-state index is 10.3. The third-order valence-electron chi connectivity index (χ3n) is 1.36. The van der Waals surface area contributed by atoms with Gasteiger partial charge in [0.15, 0.2) is 0 Å². The van der Waals surface area contributed by atoms with Crippen molar-refractivity contribution < 1.29 is 9.90 Å². The second-order valence-electron chi connectivity index (χ2n) is 2.35. The van der Waals surface area contributed by atoms with E-state index in [1.807, 2.05) is 12.1 Å². The first-order valence-electron chi connectivity index (χ1n) is 3.75. The molecule has 3 nitrogen and oxygen atoms in total. The lowest BCUT2D eigenvalue weighted by Gasteiger charge is -1.92. The summed E-state index contributed by atoms with van der Waals surface area (Å²) in [6.45, 7) is 2.06. The molecule has 0 amide bonds. The molecule has 0 saturated carbocycles. The Balaban J connectivity index is 2.58. The van der Waals surface area contributed by atoms with Crippen molar-refractivity contribution in [3.63, 3.8) is 0 Å². The summed E-state index contributed by atoms with van der Waals surface area (Å²) in [5.74, 6) is 0.192. The van der Waals surface area contributed by atoms with E-state index in [-0.39, 0.29) is 6.42 Å². The molecule has 12 heavy (non-hydrogen) atoms. The molecule has 0 radical (unpaired) electrons. The van der Waals surface area contributed by atoms with Gasteiger partial charge < -0.3 is 10.1 Å². The van der Waals surface area contributed by atoms with E-state index in [9.17, 15) is 4.79 Å². The van der Waals surface area contributed by atoms with Gasteiger partial charge in [0, 0.05) is 5.69 Å². The average Bonchev–Trinajstić information content (AvgIpc) is 2.36. The highest BCUT2D eigenvalue weighted by Crippen LogP contribution is 2.16. The second kappa shape index (κ2) is 4.21. The molecule has 2 N–H and O–H groups in total. The molecule has 0 aliphatic rings. The Kier molecular flexibility index (Phi) is 3.22. The molecule has 1 heterocycles. The van der Waals surface area contributed by atoms with Crippen molar-refractivity contribution in [2.75, 3.05) is 5.75 Å². The second-order valence-corrected chi connectivity index (χ2v) is 3.66. The number of rotatable bonds is 4. The molecule has 4 heteroatoms. The summed E-state index contributed by atoms with van der Waals surface area (Å²) in [6.07, 6.45) is 0.0737. The highest BCUT2D eigenvalue weighted by molar-refractivity contribution is 7.99. The van der Waals surface area contributed by atoms with Gasteiger partial charge in [-0.05, 0) is 17.9 Å². The molecule has 1 aromatic rings. The molecule has 66 valence electrons. The number of H-pyrrole nitrogens is 1. The van der Waals surface area contributed by atoms with Gasteiger partial charge in [0.25, 0.3) is 0 Å². The number of carboxylic acids is 1. The smallest absolute Gasteiger partial charge is 0.309 e. The van der Waals surface area contributed by atoms with Crippen molar-refractivity contribution in [3.05, 3.63) is 17.8 Å². The lowest BCUT2D eigenvalue weighted by atomic mass is 10.3. The molecule has 0 saturated heterocycles. The zero-order valence-electron chi connectivity index (χ0n) is 6.83. The molecule has 1 rings (SSSR count). The fourth-order valence-electron chi connectivity index (χ4n) is 0.924. The number of carbonyl (C=O) groups is 1. The first kappa shape index (κ1) is 9.19. The van der Waals surface area contributed by atoms with Gasteiger partial charge in [0.05, 0.1) is 11.4 Å².